The van der Waals surface area contributed by atoms with Crippen molar-refractivity contribution in [3.05, 3.63) is 23.5 Å². The summed E-state index contributed by atoms with van der Waals surface area (Å²) in [5, 5.41) is 9.91. The van der Waals surface area contributed by atoms with E-state index in [1.165, 1.54) is 83.5 Å². The molecule has 1 atom stereocenters. The molecule has 150 valence electrons. The number of rotatable bonds is 15. The van der Waals surface area contributed by atoms with Crippen LogP contribution in [0.4, 0.5) is 0 Å². The molecule has 0 aromatic heterocycles. The fraction of sp³-hybridized carbons (Fsp3) is 0.783. The van der Waals surface area contributed by atoms with E-state index in [-0.39, 0.29) is 5.76 Å². The quantitative estimate of drug-likeness (QED) is 0.202. The fourth-order valence-corrected chi connectivity index (χ4v) is 3.63. The summed E-state index contributed by atoms with van der Waals surface area (Å²) in [5.74, 6) is -0.268. The summed E-state index contributed by atoms with van der Waals surface area (Å²) < 4.78 is 4.89. The van der Waals surface area contributed by atoms with Crippen LogP contribution in [0.25, 0.3) is 0 Å². The molecule has 1 N–H and O–H groups in total. The predicted octanol–water partition coefficient (Wildman–Crippen LogP) is 6.61. The summed E-state index contributed by atoms with van der Waals surface area (Å²) in [5.41, 5.74) is 1.35. The van der Waals surface area contributed by atoms with E-state index in [0.717, 1.165) is 18.4 Å². The van der Waals surface area contributed by atoms with Crippen LogP contribution in [0.2, 0.25) is 0 Å². The number of esters is 1. The predicted molar refractivity (Wildman–Crippen MR) is 109 cm³/mol. The van der Waals surface area contributed by atoms with E-state index in [1.54, 1.807) is 0 Å². The highest BCUT2D eigenvalue weighted by molar-refractivity contribution is 5.94. The maximum absolute atomic E-state index is 11.7. The second-order valence-electron chi connectivity index (χ2n) is 7.80. The van der Waals surface area contributed by atoms with Crippen LogP contribution in [0.15, 0.2) is 23.5 Å². The van der Waals surface area contributed by atoms with Gasteiger partial charge in [0.2, 0.25) is 0 Å². The number of aliphatic hydroxyl groups is 1. The second kappa shape index (κ2) is 14.0. The molecular formula is C23H40O3. The molecule has 1 aliphatic rings. The molecule has 0 amide bonds. The Morgan fingerprint density at radius 2 is 1.31 bits per heavy atom. The number of carbonyl (C=O) groups excluding carboxylic acids is 1. The zero-order chi connectivity index (χ0) is 19.2. The minimum Gasteiger partial charge on any atom is -0.425 e. The van der Waals surface area contributed by atoms with E-state index < -0.39 is 12.1 Å². The van der Waals surface area contributed by atoms with Crippen molar-refractivity contribution in [2.45, 2.75) is 116 Å². The van der Waals surface area contributed by atoms with Gasteiger partial charge >= 0.3 is 5.97 Å². The molecule has 1 saturated heterocycles. The third kappa shape index (κ3) is 9.02. The lowest BCUT2D eigenvalue weighted by molar-refractivity contribution is -0.132. The Labute approximate surface area is 160 Å². The van der Waals surface area contributed by atoms with E-state index in [0.29, 0.717) is 5.57 Å². The number of ether oxygens (including phenoxy) is 1. The number of allylic oxidation sites excluding steroid dienone is 1. The first-order valence-electron chi connectivity index (χ1n) is 10.9. The topological polar surface area (TPSA) is 46.5 Å². The molecule has 1 aliphatic heterocycles. The van der Waals surface area contributed by atoms with Gasteiger partial charge in [0.15, 0.2) is 0 Å². The SMILES string of the molecule is C=C1OC(=O)C(=C(C)CCCCCCCCCCCCCCCC)C1O. The van der Waals surface area contributed by atoms with Crippen LogP contribution >= 0.6 is 0 Å². The standard InChI is InChI=1S/C23H40O3/c1-4-5-6-7-8-9-10-11-12-13-14-15-16-17-18-19(2)21-22(24)20(3)26-23(21)25/h22,24H,3-18H2,1-2H3. The summed E-state index contributed by atoms with van der Waals surface area (Å²) in [6.45, 7) is 7.75. The highest BCUT2D eigenvalue weighted by atomic mass is 16.6. The van der Waals surface area contributed by atoms with Gasteiger partial charge in [-0.25, -0.2) is 4.79 Å². The molecule has 1 unspecified atom stereocenters. The number of cyclic esters (lactones) is 1. The normalized spacial score (nSPS) is 19.1. The number of hydrogen-bond acceptors (Lipinski definition) is 3. The molecule has 0 aromatic carbocycles. The minimum atomic E-state index is -0.936. The van der Waals surface area contributed by atoms with Gasteiger partial charge in [-0.2, -0.15) is 0 Å². The van der Waals surface area contributed by atoms with Crippen molar-refractivity contribution in [2.75, 3.05) is 0 Å². The summed E-state index contributed by atoms with van der Waals surface area (Å²) in [4.78, 5) is 11.7. The highest BCUT2D eigenvalue weighted by Gasteiger charge is 2.34. The first kappa shape index (κ1) is 23.0. The molecule has 1 heterocycles. The molecule has 3 heteroatoms. The Kier molecular flexibility index (Phi) is 12.4. The lowest BCUT2D eigenvalue weighted by Crippen LogP contribution is -2.09. The maximum atomic E-state index is 11.7. The largest absolute Gasteiger partial charge is 0.425 e. The summed E-state index contributed by atoms with van der Waals surface area (Å²) in [6.07, 6.45) is 18.7. The van der Waals surface area contributed by atoms with Gasteiger partial charge in [0, 0.05) is 0 Å². The van der Waals surface area contributed by atoms with Crippen LogP contribution in [0.1, 0.15) is 110 Å². The molecular weight excluding hydrogens is 324 g/mol. The number of unbranched alkanes of at least 4 members (excludes halogenated alkanes) is 13. The molecule has 0 bridgehead atoms. The molecule has 0 saturated carbocycles. The maximum Gasteiger partial charge on any atom is 0.342 e. The van der Waals surface area contributed by atoms with Gasteiger partial charge in [0.05, 0.1) is 5.57 Å². The van der Waals surface area contributed by atoms with E-state index in [9.17, 15) is 9.90 Å². The molecule has 26 heavy (non-hydrogen) atoms. The molecule has 0 aliphatic carbocycles. The van der Waals surface area contributed by atoms with Gasteiger partial charge < -0.3 is 9.84 Å². The first-order chi connectivity index (χ1) is 12.6. The van der Waals surface area contributed by atoms with Crippen LogP contribution in [0, 0.1) is 0 Å². The van der Waals surface area contributed by atoms with Crippen LogP contribution in [0.5, 0.6) is 0 Å². The van der Waals surface area contributed by atoms with E-state index in [1.807, 2.05) is 6.92 Å². The average Bonchev–Trinajstić information content (AvgIpc) is 2.87. The van der Waals surface area contributed by atoms with Gasteiger partial charge in [-0.3, -0.25) is 0 Å². The fourth-order valence-electron chi connectivity index (χ4n) is 3.63. The smallest absolute Gasteiger partial charge is 0.342 e. The van der Waals surface area contributed by atoms with Crippen molar-refractivity contribution in [1.82, 2.24) is 0 Å². The third-order valence-electron chi connectivity index (χ3n) is 5.39. The number of hydrogen-bond donors (Lipinski definition) is 1. The Balaban J connectivity index is 1.94. The Morgan fingerprint density at radius 1 is 0.885 bits per heavy atom. The Hall–Kier alpha value is -1.09. The van der Waals surface area contributed by atoms with E-state index in [4.69, 9.17) is 4.74 Å². The van der Waals surface area contributed by atoms with Crippen LogP contribution in [0.3, 0.4) is 0 Å². The van der Waals surface area contributed by atoms with E-state index >= 15 is 0 Å². The monoisotopic (exact) mass is 364 g/mol. The molecule has 3 nitrogen and oxygen atoms in total. The van der Waals surface area contributed by atoms with Crippen molar-refractivity contribution in [3.63, 3.8) is 0 Å². The molecule has 0 radical (unpaired) electrons. The van der Waals surface area contributed by atoms with Crippen molar-refractivity contribution >= 4 is 5.97 Å². The molecule has 0 aromatic rings. The Bertz CT molecular complexity index is 450. The zero-order valence-corrected chi connectivity index (χ0v) is 17.2. The lowest BCUT2D eigenvalue weighted by atomic mass is 9.99. The lowest BCUT2D eigenvalue weighted by Gasteiger charge is -2.07. The average molecular weight is 365 g/mol. The van der Waals surface area contributed by atoms with Gasteiger partial charge in [0.25, 0.3) is 0 Å². The first-order valence-corrected chi connectivity index (χ1v) is 10.9. The number of aliphatic hydroxyl groups excluding tert-OH is 1. The van der Waals surface area contributed by atoms with Crippen molar-refractivity contribution in [3.8, 4) is 0 Å². The Morgan fingerprint density at radius 3 is 1.69 bits per heavy atom. The summed E-state index contributed by atoms with van der Waals surface area (Å²) in [7, 11) is 0. The van der Waals surface area contributed by atoms with E-state index in [2.05, 4.69) is 13.5 Å². The van der Waals surface area contributed by atoms with Crippen molar-refractivity contribution < 1.29 is 14.6 Å². The van der Waals surface area contributed by atoms with Crippen LogP contribution in [-0.4, -0.2) is 17.2 Å². The number of carbonyl (C=O) groups is 1. The van der Waals surface area contributed by atoms with Gasteiger partial charge in [-0.1, -0.05) is 103 Å². The second-order valence-corrected chi connectivity index (χ2v) is 7.80. The molecule has 1 fully saturated rings. The van der Waals surface area contributed by atoms with Gasteiger partial charge in [-0.05, 0) is 19.8 Å². The summed E-state index contributed by atoms with van der Waals surface area (Å²) >= 11 is 0. The van der Waals surface area contributed by atoms with Gasteiger partial charge in [0.1, 0.15) is 11.9 Å². The minimum absolute atomic E-state index is 0.158. The van der Waals surface area contributed by atoms with Crippen molar-refractivity contribution in [2.24, 2.45) is 0 Å². The zero-order valence-electron chi connectivity index (χ0n) is 17.2. The van der Waals surface area contributed by atoms with Gasteiger partial charge in [-0.15, -0.1) is 0 Å². The third-order valence-corrected chi connectivity index (χ3v) is 5.39. The van der Waals surface area contributed by atoms with Crippen LogP contribution < -0.4 is 0 Å². The van der Waals surface area contributed by atoms with Crippen molar-refractivity contribution in [1.29, 1.82) is 0 Å². The molecule has 0 spiro atoms. The summed E-state index contributed by atoms with van der Waals surface area (Å²) in [6, 6.07) is 0. The van der Waals surface area contributed by atoms with Crippen LogP contribution in [-0.2, 0) is 9.53 Å². The molecule has 1 rings (SSSR count). The highest BCUT2D eigenvalue weighted by Crippen LogP contribution is 2.28.